The third-order valence-electron chi connectivity index (χ3n) is 2.93. The highest BCUT2D eigenvalue weighted by Crippen LogP contribution is 2.07. The van der Waals surface area contributed by atoms with E-state index >= 15 is 0 Å². The number of nitrogens with zero attached hydrogens (tertiary/aromatic N) is 2. The van der Waals surface area contributed by atoms with Gasteiger partial charge in [-0.05, 0) is 18.6 Å². The van der Waals surface area contributed by atoms with Crippen LogP contribution in [-0.2, 0) is 0 Å². The zero-order chi connectivity index (χ0) is 13.5. The van der Waals surface area contributed by atoms with E-state index < -0.39 is 0 Å². The lowest BCUT2D eigenvalue weighted by Crippen LogP contribution is -2.23. The van der Waals surface area contributed by atoms with Gasteiger partial charge in [0.2, 0.25) is 0 Å². The minimum atomic E-state index is -0.0571. The SMILES string of the molecule is CCCCCNC(=O)c1cnn(-c2ccccc2)c1. The zero-order valence-electron chi connectivity index (χ0n) is 11.2. The molecule has 1 amide bonds. The number of amides is 1. The van der Waals surface area contributed by atoms with E-state index in [1.54, 1.807) is 17.1 Å². The first-order valence-corrected chi connectivity index (χ1v) is 6.69. The molecule has 1 aromatic carbocycles. The van der Waals surface area contributed by atoms with Crippen LogP contribution in [0.4, 0.5) is 0 Å². The number of benzene rings is 1. The summed E-state index contributed by atoms with van der Waals surface area (Å²) >= 11 is 0. The molecule has 1 heterocycles. The number of aromatic nitrogens is 2. The van der Waals surface area contributed by atoms with Crippen molar-refractivity contribution in [1.29, 1.82) is 0 Å². The zero-order valence-corrected chi connectivity index (χ0v) is 11.2. The third kappa shape index (κ3) is 3.68. The van der Waals surface area contributed by atoms with E-state index in [1.807, 2.05) is 30.3 Å². The highest BCUT2D eigenvalue weighted by molar-refractivity contribution is 5.93. The molecule has 2 rings (SSSR count). The number of carbonyl (C=O) groups excluding carboxylic acids is 1. The van der Waals surface area contributed by atoms with Crippen LogP contribution in [0.15, 0.2) is 42.7 Å². The molecule has 4 nitrogen and oxygen atoms in total. The van der Waals surface area contributed by atoms with Crippen LogP contribution in [0.2, 0.25) is 0 Å². The van der Waals surface area contributed by atoms with Gasteiger partial charge in [-0.1, -0.05) is 38.0 Å². The number of hydrogen-bond donors (Lipinski definition) is 1. The molecular formula is C15H19N3O. The molecule has 0 aliphatic heterocycles. The maximum atomic E-state index is 11.9. The number of para-hydroxylation sites is 1. The second kappa shape index (κ2) is 6.73. The van der Waals surface area contributed by atoms with E-state index in [-0.39, 0.29) is 5.91 Å². The van der Waals surface area contributed by atoms with E-state index in [1.165, 1.54) is 0 Å². The minimum absolute atomic E-state index is 0.0571. The maximum absolute atomic E-state index is 11.9. The summed E-state index contributed by atoms with van der Waals surface area (Å²) in [6.07, 6.45) is 6.67. The maximum Gasteiger partial charge on any atom is 0.254 e. The fourth-order valence-corrected chi connectivity index (χ4v) is 1.84. The lowest BCUT2D eigenvalue weighted by molar-refractivity contribution is 0.0953. The molecule has 19 heavy (non-hydrogen) atoms. The van der Waals surface area contributed by atoms with Gasteiger partial charge in [-0.3, -0.25) is 4.79 Å². The fraction of sp³-hybridized carbons (Fsp3) is 0.333. The Morgan fingerprint density at radius 2 is 2.05 bits per heavy atom. The normalized spacial score (nSPS) is 10.4. The van der Waals surface area contributed by atoms with Gasteiger partial charge in [0.25, 0.3) is 5.91 Å². The molecule has 4 heteroatoms. The molecule has 2 aromatic rings. The van der Waals surface area contributed by atoms with Gasteiger partial charge >= 0.3 is 0 Å². The van der Waals surface area contributed by atoms with Crippen LogP contribution < -0.4 is 5.32 Å². The van der Waals surface area contributed by atoms with Crippen LogP contribution in [0.1, 0.15) is 36.5 Å². The van der Waals surface area contributed by atoms with E-state index in [4.69, 9.17) is 0 Å². The molecular weight excluding hydrogens is 238 g/mol. The molecule has 0 saturated carbocycles. The highest BCUT2D eigenvalue weighted by atomic mass is 16.1. The minimum Gasteiger partial charge on any atom is -0.352 e. The predicted octanol–water partition coefficient (Wildman–Crippen LogP) is 2.79. The Bertz CT molecular complexity index is 519. The second-order valence-electron chi connectivity index (χ2n) is 4.47. The Balaban J connectivity index is 1.95. The Morgan fingerprint density at radius 3 is 2.79 bits per heavy atom. The van der Waals surface area contributed by atoms with Crippen molar-refractivity contribution in [1.82, 2.24) is 15.1 Å². The van der Waals surface area contributed by atoms with Gasteiger partial charge in [-0.2, -0.15) is 5.10 Å². The Hall–Kier alpha value is -2.10. The molecule has 100 valence electrons. The van der Waals surface area contributed by atoms with Crippen LogP contribution in [0.5, 0.6) is 0 Å². The average molecular weight is 257 g/mol. The molecule has 0 fully saturated rings. The molecule has 0 radical (unpaired) electrons. The van der Waals surface area contributed by atoms with Crippen molar-refractivity contribution in [2.45, 2.75) is 26.2 Å². The molecule has 0 atom stereocenters. The summed E-state index contributed by atoms with van der Waals surface area (Å²) in [6, 6.07) is 9.75. The van der Waals surface area contributed by atoms with Crippen molar-refractivity contribution >= 4 is 5.91 Å². The van der Waals surface area contributed by atoms with Gasteiger partial charge in [-0.25, -0.2) is 4.68 Å². The summed E-state index contributed by atoms with van der Waals surface area (Å²) < 4.78 is 1.71. The summed E-state index contributed by atoms with van der Waals surface area (Å²) in [5.74, 6) is -0.0571. The molecule has 0 bridgehead atoms. The van der Waals surface area contributed by atoms with Gasteiger partial charge in [0.15, 0.2) is 0 Å². The van der Waals surface area contributed by atoms with Crippen molar-refractivity contribution in [3.8, 4) is 5.69 Å². The van der Waals surface area contributed by atoms with Crippen molar-refractivity contribution < 1.29 is 4.79 Å². The first-order valence-electron chi connectivity index (χ1n) is 6.69. The number of carbonyl (C=O) groups is 1. The summed E-state index contributed by atoms with van der Waals surface area (Å²) in [7, 11) is 0. The van der Waals surface area contributed by atoms with Crippen molar-refractivity contribution in [2.75, 3.05) is 6.54 Å². The summed E-state index contributed by atoms with van der Waals surface area (Å²) in [5, 5.41) is 7.11. The molecule has 0 aliphatic carbocycles. The highest BCUT2D eigenvalue weighted by Gasteiger charge is 2.08. The van der Waals surface area contributed by atoms with Crippen LogP contribution in [-0.4, -0.2) is 22.2 Å². The number of nitrogens with one attached hydrogen (secondary N) is 1. The average Bonchev–Trinajstić information content (AvgIpc) is 2.94. The second-order valence-corrected chi connectivity index (χ2v) is 4.47. The quantitative estimate of drug-likeness (QED) is 0.809. The van der Waals surface area contributed by atoms with Crippen molar-refractivity contribution in [3.63, 3.8) is 0 Å². The summed E-state index contributed by atoms with van der Waals surface area (Å²) in [6.45, 7) is 2.87. The first-order chi connectivity index (χ1) is 9.31. The lowest BCUT2D eigenvalue weighted by Gasteiger charge is -2.02. The monoisotopic (exact) mass is 257 g/mol. The molecule has 1 N–H and O–H groups in total. The first kappa shape index (κ1) is 13.3. The molecule has 0 aliphatic rings. The van der Waals surface area contributed by atoms with Gasteiger partial charge < -0.3 is 5.32 Å². The van der Waals surface area contributed by atoms with Gasteiger partial charge in [-0.15, -0.1) is 0 Å². The predicted molar refractivity (Wildman–Crippen MR) is 75.4 cm³/mol. The van der Waals surface area contributed by atoms with Crippen LogP contribution >= 0.6 is 0 Å². The van der Waals surface area contributed by atoms with Crippen LogP contribution in [0.25, 0.3) is 5.69 Å². The van der Waals surface area contributed by atoms with Crippen LogP contribution in [0, 0.1) is 0 Å². The van der Waals surface area contributed by atoms with E-state index in [0.717, 1.165) is 31.5 Å². The van der Waals surface area contributed by atoms with Gasteiger partial charge in [0.1, 0.15) is 0 Å². The van der Waals surface area contributed by atoms with Gasteiger partial charge in [0.05, 0.1) is 17.4 Å². The lowest BCUT2D eigenvalue weighted by atomic mass is 10.2. The smallest absolute Gasteiger partial charge is 0.254 e. The number of hydrogen-bond acceptors (Lipinski definition) is 2. The standard InChI is InChI=1S/C15H19N3O/c1-2-3-7-10-16-15(19)13-11-17-18(12-13)14-8-5-4-6-9-14/h4-6,8-9,11-12H,2-3,7,10H2,1H3,(H,16,19). The Kier molecular flexibility index (Phi) is 4.72. The Labute approximate surface area is 113 Å². The fourth-order valence-electron chi connectivity index (χ4n) is 1.84. The third-order valence-corrected chi connectivity index (χ3v) is 2.93. The summed E-state index contributed by atoms with van der Waals surface area (Å²) in [5.41, 5.74) is 1.55. The molecule has 1 aromatic heterocycles. The molecule has 0 unspecified atom stereocenters. The van der Waals surface area contributed by atoms with E-state index in [0.29, 0.717) is 5.56 Å². The van der Waals surface area contributed by atoms with Crippen molar-refractivity contribution in [2.24, 2.45) is 0 Å². The van der Waals surface area contributed by atoms with Gasteiger partial charge in [0, 0.05) is 12.7 Å². The van der Waals surface area contributed by atoms with E-state index in [2.05, 4.69) is 17.3 Å². The van der Waals surface area contributed by atoms with Crippen molar-refractivity contribution in [3.05, 3.63) is 48.3 Å². The molecule has 0 saturated heterocycles. The summed E-state index contributed by atoms with van der Waals surface area (Å²) in [4.78, 5) is 11.9. The van der Waals surface area contributed by atoms with Crippen LogP contribution in [0.3, 0.4) is 0 Å². The molecule has 0 spiro atoms. The number of rotatable bonds is 6. The Morgan fingerprint density at radius 1 is 1.26 bits per heavy atom. The largest absolute Gasteiger partial charge is 0.352 e. The number of unbranched alkanes of at least 4 members (excludes halogenated alkanes) is 2. The van der Waals surface area contributed by atoms with E-state index in [9.17, 15) is 4.79 Å². The topological polar surface area (TPSA) is 46.9 Å².